The topological polar surface area (TPSA) is 69.4 Å². The van der Waals surface area contributed by atoms with Gasteiger partial charge in [-0.1, -0.05) is 39.0 Å². The number of ether oxygens (including phenoxy) is 1. The van der Waals surface area contributed by atoms with Crippen molar-refractivity contribution in [3.63, 3.8) is 0 Å². The lowest BCUT2D eigenvalue weighted by atomic mass is 10.1. The third-order valence-corrected chi connectivity index (χ3v) is 2.55. The first-order valence-corrected chi connectivity index (χ1v) is 6.49. The summed E-state index contributed by atoms with van der Waals surface area (Å²) in [5.41, 5.74) is 5.50. The average molecular weight is 243 g/mol. The van der Waals surface area contributed by atoms with Crippen LogP contribution in [0.15, 0.2) is 0 Å². The number of rotatable bonds is 10. The molecule has 0 spiro atoms. The molecule has 0 amide bonds. The maximum Gasteiger partial charge on any atom is 0.323 e. The Morgan fingerprint density at radius 3 is 2.29 bits per heavy atom. The number of esters is 1. The lowest BCUT2D eigenvalue weighted by Crippen LogP contribution is -2.34. The van der Waals surface area contributed by atoms with E-state index in [0.717, 1.165) is 12.8 Å². The molecule has 0 aromatic rings. The van der Waals surface area contributed by atoms with Crippen molar-refractivity contribution in [2.45, 2.75) is 64.8 Å². The SMILES string of the molecule is CCCCCCCCOC(=O)C(N)CC(C)=O. The summed E-state index contributed by atoms with van der Waals surface area (Å²) in [5, 5.41) is 0. The van der Waals surface area contributed by atoms with Crippen molar-refractivity contribution in [2.24, 2.45) is 5.73 Å². The minimum atomic E-state index is -0.799. The Morgan fingerprint density at radius 1 is 1.12 bits per heavy atom. The summed E-state index contributed by atoms with van der Waals surface area (Å²) in [6.07, 6.45) is 6.95. The zero-order valence-electron chi connectivity index (χ0n) is 11.0. The predicted octanol–water partition coefficient (Wildman–Crippen LogP) is 2.20. The highest BCUT2D eigenvalue weighted by Gasteiger charge is 2.16. The van der Waals surface area contributed by atoms with Crippen LogP contribution in [0.4, 0.5) is 0 Å². The normalized spacial score (nSPS) is 12.2. The summed E-state index contributed by atoms with van der Waals surface area (Å²) in [5.74, 6) is -0.553. The van der Waals surface area contributed by atoms with E-state index in [4.69, 9.17) is 10.5 Å². The van der Waals surface area contributed by atoms with Gasteiger partial charge >= 0.3 is 5.97 Å². The van der Waals surface area contributed by atoms with Gasteiger partial charge in [-0.2, -0.15) is 0 Å². The van der Waals surface area contributed by atoms with Gasteiger partial charge in [-0.05, 0) is 13.3 Å². The van der Waals surface area contributed by atoms with Gasteiger partial charge in [-0.25, -0.2) is 0 Å². The summed E-state index contributed by atoms with van der Waals surface area (Å²) in [6, 6.07) is -0.799. The van der Waals surface area contributed by atoms with E-state index in [-0.39, 0.29) is 12.2 Å². The number of carbonyl (C=O) groups is 2. The van der Waals surface area contributed by atoms with Gasteiger partial charge in [-0.3, -0.25) is 9.59 Å². The molecule has 0 aromatic carbocycles. The Labute approximate surface area is 104 Å². The number of nitrogens with two attached hydrogens (primary N) is 1. The van der Waals surface area contributed by atoms with Crippen molar-refractivity contribution in [3.05, 3.63) is 0 Å². The molecule has 100 valence electrons. The minimum absolute atomic E-state index is 0.0648. The van der Waals surface area contributed by atoms with Crippen LogP contribution in [0, 0.1) is 0 Å². The summed E-state index contributed by atoms with van der Waals surface area (Å²) >= 11 is 0. The van der Waals surface area contributed by atoms with Gasteiger partial charge in [0.25, 0.3) is 0 Å². The molecule has 1 atom stereocenters. The molecular weight excluding hydrogens is 218 g/mol. The van der Waals surface area contributed by atoms with Crippen LogP contribution in [0.5, 0.6) is 0 Å². The lowest BCUT2D eigenvalue weighted by Gasteiger charge is -2.09. The minimum Gasteiger partial charge on any atom is -0.465 e. The lowest BCUT2D eigenvalue weighted by molar-refractivity contribution is -0.146. The summed E-state index contributed by atoms with van der Waals surface area (Å²) < 4.78 is 5.00. The number of hydrogen-bond donors (Lipinski definition) is 1. The van der Waals surface area contributed by atoms with Gasteiger partial charge in [-0.15, -0.1) is 0 Å². The second kappa shape index (κ2) is 10.3. The Balaban J connectivity index is 3.41. The molecule has 17 heavy (non-hydrogen) atoms. The van der Waals surface area contributed by atoms with Gasteiger partial charge < -0.3 is 10.5 Å². The zero-order valence-corrected chi connectivity index (χ0v) is 11.0. The zero-order chi connectivity index (χ0) is 13.1. The van der Waals surface area contributed by atoms with E-state index < -0.39 is 12.0 Å². The summed E-state index contributed by atoms with van der Waals surface area (Å²) in [4.78, 5) is 22.1. The van der Waals surface area contributed by atoms with E-state index in [2.05, 4.69) is 6.92 Å². The largest absolute Gasteiger partial charge is 0.465 e. The molecule has 0 heterocycles. The van der Waals surface area contributed by atoms with E-state index in [1.54, 1.807) is 0 Å². The second-order valence-corrected chi connectivity index (χ2v) is 4.45. The van der Waals surface area contributed by atoms with Gasteiger partial charge in [0.1, 0.15) is 11.8 Å². The fraction of sp³-hybridized carbons (Fsp3) is 0.846. The Morgan fingerprint density at radius 2 is 1.71 bits per heavy atom. The van der Waals surface area contributed by atoms with Crippen LogP contribution in [-0.2, 0) is 14.3 Å². The van der Waals surface area contributed by atoms with Gasteiger partial charge in [0.2, 0.25) is 0 Å². The summed E-state index contributed by atoms with van der Waals surface area (Å²) in [7, 11) is 0. The van der Waals surface area contributed by atoms with Crippen LogP contribution in [-0.4, -0.2) is 24.4 Å². The molecule has 0 radical (unpaired) electrons. The summed E-state index contributed by atoms with van der Waals surface area (Å²) in [6.45, 7) is 4.01. The third kappa shape index (κ3) is 10.00. The smallest absolute Gasteiger partial charge is 0.323 e. The highest BCUT2D eigenvalue weighted by Crippen LogP contribution is 2.05. The van der Waals surface area contributed by atoms with Crippen LogP contribution in [0.2, 0.25) is 0 Å². The highest BCUT2D eigenvalue weighted by molar-refractivity contribution is 5.84. The monoisotopic (exact) mass is 243 g/mol. The van der Waals surface area contributed by atoms with Gasteiger partial charge in [0, 0.05) is 6.42 Å². The van der Waals surface area contributed by atoms with Crippen LogP contribution < -0.4 is 5.73 Å². The average Bonchev–Trinajstić information content (AvgIpc) is 2.26. The van der Waals surface area contributed by atoms with Crippen LogP contribution in [0.3, 0.4) is 0 Å². The molecule has 0 aliphatic rings. The molecule has 0 bridgehead atoms. The van der Waals surface area contributed by atoms with Crippen LogP contribution >= 0.6 is 0 Å². The number of carbonyl (C=O) groups excluding carboxylic acids is 2. The first-order chi connectivity index (χ1) is 8.07. The molecule has 0 rings (SSSR count). The van der Waals surface area contributed by atoms with E-state index in [1.807, 2.05) is 0 Å². The van der Waals surface area contributed by atoms with E-state index in [9.17, 15) is 9.59 Å². The van der Waals surface area contributed by atoms with Crippen LogP contribution in [0.1, 0.15) is 58.8 Å². The number of unbranched alkanes of at least 4 members (excludes halogenated alkanes) is 5. The molecule has 4 nitrogen and oxygen atoms in total. The highest BCUT2D eigenvalue weighted by atomic mass is 16.5. The molecule has 0 saturated heterocycles. The first kappa shape index (κ1) is 16.1. The molecule has 0 aliphatic carbocycles. The molecule has 0 fully saturated rings. The van der Waals surface area contributed by atoms with Crippen molar-refractivity contribution < 1.29 is 14.3 Å². The predicted molar refractivity (Wildman–Crippen MR) is 67.6 cm³/mol. The van der Waals surface area contributed by atoms with E-state index >= 15 is 0 Å². The molecular formula is C13H25NO3. The maximum atomic E-state index is 11.3. The molecule has 1 unspecified atom stereocenters. The Bertz CT molecular complexity index is 229. The molecule has 0 aromatic heterocycles. The van der Waals surface area contributed by atoms with Crippen molar-refractivity contribution in [2.75, 3.05) is 6.61 Å². The van der Waals surface area contributed by atoms with Crippen molar-refractivity contribution >= 4 is 11.8 Å². The standard InChI is InChI=1S/C13H25NO3/c1-3-4-5-6-7-8-9-17-13(16)12(14)10-11(2)15/h12H,3-10,14H2,1-2H3. The van der Waals surface area contributed by atoms with E-state index in [0.29, 0.717) is 6.61 Å². The van der Waals surface area contributed by atoms with Crippen molar-refractivity contribution in [1.82, 2.24) is 0 Å². The quantitative estimate of drug-likeness (QED) is 0.471. The fourth-order valence-electron chi connectivity index (χ4n) is 1.56. The van der Waals surface area contributed by atoms with Gasteiger partial charge in [0.05, 0.1) is 6.61 Å². The maximum absolute atomic E-state index is 11.3. The van der Waals surface area contributed by atoms with Crippen LogP contribution in [0.25, 0.3) is 0 Å². The van der Waals surface area contributed by atoms with E-state index in [1.165, 1.54) is 32.6 Å². The third-order valence-electron chi connectivity index (χ3n) is 2.55. The molecule has 0 aliphatic heterocycles. The first-order valence-electron chi connectivity index (χ1n) is 6.49. The Hall–Kier alpha value is -0.900. The Kier molecular flexibility index (Phi) is 9.72. The van der Waals surface area contributed by atoms with Crippen molar-refractivity contribution in [3.8, 4) is 0 Å². The second-order valence-electron chi connectivity index (χ2n) is 4.45. The number of Topliss-reactive ketones (excluding diaryl/α,β-unsaturated/α-hetero) is 1. The number of ketones is 1. The fourth-order valence-corrected chi connectivity index (χ4v) is 1.56. The molecule has 0 saturated carbocycles. The molecule has 2 N–H and O–H groups in total. The van der Waals surface area contributed by atoms with Crippen molar-refractivity contribution in [1.29, 1.82) is 0 Å². The number of hydrogen-bond acceptors (Lipinski definition) is 4. The molecule has 4 heteroatoms. The van der Waals surface area contributed by atoms with Gasteiger partial charge in [0.15, 0.2) is 0 Å².